The number of carbonyl (C=O) groups excluding carboxylic acids is 2. The molecule has 6 heterocycles. The summed E-state index contributed by atoms with van der Waals surface area (Å²) in [4.78, 5) is 35.7. The zero-order chi connectivity index (χ0) is 20.1. The second-order valence-corrected chi connectivity index (χ2v) is 9.60. The molecule has 2 atom stereocenters. The van der Waals surface area contributed by atoms with E-state index in [9.17, 15) is 9.59 Å². The van der Waals surface area contributed by atoms with Crippen LogP contribution in [0.25, 0.3) is 10.1 Å². The third-order valence-electron chi connectivity index (χ3n) is 6.87. The van der Waals surface area contributed by atoms with E-state index in [1.165, 1.54) is 12.8 Å². The van der Waals surface area contributed by atoms with Gasteiger partial charge in [-0.1, -0.05) is 0 Å². The molecule has 2 amide bonds. The third kappa shape index (κ3) is 3.38. The summed E-state index contributed by atoms with van der Waals surface area (Å²) in [6.45, 7) is 6.48. The molecule has 29 heavy (non-hydrogen) atoms. The normalized spacial score (nSPS) is 29.5. The number of hydrogen-bond donors (Lipinski definition) is 1. The van der Waals surface area contributed by atoms with Crippen LogP contribution in [-0.4, -0.2) is 78.5 Å². The molecule has 0 aromatic carbocycles. The minimum absolute atomic E-state index is 0.0813. The Morgan fingerprint density at radius 1 is 1.21 bits per heavy atom. The van der Waals surface area contributed by atoms with Gasteiger partial charge in [0.2, 0.25) is 5.91 Å². The molecule has 0 radical (unpaired) electrons. The van der Waals surface area contributed by atoms with Crippen LogP contribution in [0.4, 0.5) is 5.00 Å². The smallest absolute Gasteiger partial charge is 0.270 e. The van der Waals surface area contributed by atoms with Crippen LogP contribution in [0, 0.1) is 5.92 Å². The number of hydrogen-bond acceptors (Lipinski definition) is 6. The maximum absolute atomic E-state index is 12.9. The van der Waals surface area contributed by atoms with E-state index in [2.05, 4.69) is 33.1 Å². The number of carbonyl (C=O) groups is 2. The average molecular weight is 414 g/mol. The van der Waals surface area contributed by atoms with Gasteiger partial charge in [0.15, 0.2) is 0 Å². The van der Waals surface area contributed by atoms with E-state index in [-0.39, 0.29) is 17.9 Å². The van der Waals surface area contributed by atoms with Crippen molar-refractivity contribution in [2.75, 3.05) is 44.7 Å². The number of aromatic nitrogens is 1. The van der Waals surface area contributed by atoms with Gasteiger partial charge in [-0.15, -0.1) is 11.3 Å². The minimum atomic E-state index is -0.0813. The van der Waals surface area contributed by atoms with E-state index in [0.29, 0.717) is 24.2 Å². The van der Waals surface area contributed by atoms with Gasteiger partial charge < -0.3 is 15.1 Å². The summed E-state index contributed by atoms with van der Waals surface area (Å²) in [7, 11) is 1.84. The highest BCUT2D eigenvalue weighted by Gasteiger charge is 2.40. The lowest BCUT2D eigenvalue weighted by Crippen LogP contribution is -2.62. The van der Waals surface area contributed by atoms with Gasteiger partial charge in [0.25, 0.3) is 5.91 Å². The van der Waals surface area contributed by atoms with E-state index in [1.807, 2.05) is 13.1 Å². The number of piperidine rings is 3. The topological polar surface area (TPSA) is 68.8 Å². The predicted molar refractivity (Wildman–Crippen MR) is 114 cm³/mol. The number of fused-ring (bicyclic) bond motifs is 4. The van der Waals surface area contributed by atoms with Gasteiger partial charge in [0.1, 0.15) is 5.69 Å². The lowest BCUT2D eigenvalue weighted by atomic mass is 9.79. The Hall–Kier alpha value is -2.19. The van der Waals surface area contributed by atoms with Crippen molar-refractivity contribution in [3.8, 4) is 0 Å². The van der Waals surface area contributed by atoms with Crippen LogP contribution >= 0.6 is 11.3 Å². The first-order valence-electron chi connectivity index (χ1n) is 10.4. The molecule has 2 unspecified atom stereocenters. The first-order valence-corrected chi connectivity index (χ1v) is 11.2. The van der Waals surface area contributed by atoms with Crippen LogP contribution in [0.1, 0.15) is 30.3 Å². The summed E-state index contributed by atoms with van der Waals surface area (Å²) in [5.41, 5.74) is 0.476. The lowest BCUT2D eigenvalue weighted by molar-refractivity contribution is -0.129. The van der Waals surface area contributed by atoms with Gasteiger partial charge in [0, 0.05) is 48.5 Å². The van der Waals surface area contributed by atoms with Crippen molar-refractivity contribution in [3.05, 3.63) is 24.0 Å². The molecule has 6 rings (SSSR count). The Morgan fingerprint density at radius 2 is 2.00 bits per heavy atom. The molecule has 2 aromatic heterocycles. The maximum Gasteiger partial charge on any atom is 0.270 e. The molecule has 2 bridgehead atoms. The number of rotatable bonds is 3. The molecule has 4 aliphatic heterocycles. The number of amides is 2. The number of anilines is 1. The minimum Gasteiger partial charge on any atom is -0.352 e. The van der Waals surface area contributed by atoms with Gasteiger partial charge in [-0.05, 0) is 50.9 Å². The van der Waals surface area contributed by atoms with Crippen molar-refractivity contribution < 1.29 is 9.59 Å². The maximum atomic E-state index is 12.9. The number of likely N-dealkylation sites (N-methyl/N-ethyl adjacent to an activating group) is 1. The monoisotopic (exact) mass is 413 g/mol. The molecule has 2 aromatic rings. The molecule has 8 heteroatoms. The van der Waals surface area contributed by atoms with Crippen molar-refractivity contribution in [1.82, 2.24) is 20.1 Å². The number of nitrogens with one attached hydrogen (secondary N) is 1. The first-order chi connectivity index (χ1) is 14.0. The Bertz CT molecular complexity index is 950. The Labute approximate surface area is 174 Å². The van der Waals surface area contributed by atoms with E-state index in [0.717, 1.165) is 41.3 Å². The van der Waals surface area contributed by atoms with Crippen molar-refractivity contribution in [2.24, 2.45) is 5.92 Å². The van der Waals surface area contributed by atoms with Crippen molar-refractivity contribution in [2.45, 2.75) is 31.8 Å². The highest BCUT2D eigenvalue weighted by atomic mass is 32.1. The first kappa shape index (κ1) is 18.8. The Morgan fingerprint density at radius 3 is 2.72 bits per heavy atom. The van der Waals surface area contributed by atoms with Crippen molar-refractivity contribution in [1.29, 1.82) is 0 Å². The summed E-state index contributed by atoms with van der Waals surface area (Å²) in [5, 5.41) is 5.34. The Balaban J connectivity index is 1.33. The SMILES string of the molecule is CC1C(NC(=O)c2cc3sc(N4CCN(C)C(=O)C4)cc3cn2)C2CCN1CC2. The molecule has 4 fully saturated rings. The zero-order valence-corrected chi connectivity index (χ0v) is 17.7. The highest BCUT2D eigenvalue weighted by Crippen LogP contribution is 2.34. The second-order valence-electron chi connectivity index (χ2n) is 8.54. The molecule has 0 aliphatic carbocycles. The summed E-state index contributed by atoms with van der Waals surface area (Å²) in [5.74, 6) is 0.631. The van der Waals surface area contributed by atoms with E-state index in [1.54, 1.807) is 22.4 Å². The van der Waals surface area contributed by atoms with Gasteiger partial charge in [-0.25, -0.2) is 0 Å². The van der Waals surface area contributed by atoms with Crippen LogP contribution in [-0.2, 0) is 4.79 Å². The van der Waals surface area contributed by atoms with Crippen LogP contribution in [0.5, 0.6) is 0 Å². The van der Waals surface area contributed by atoms with E-state index < -0.39 is 0 Å². The lowest BCUT2D eigenvalue weighted by Gasteiger charge is -2.49. The van der Waals surface area contributed by atoms with E-state index in [4.69, 9.17) is 0 Å². The zero-order valence-electron chi connectivity index (χ0n) is 16.9. The average Bonchev–Trinajstić information content (AvgIpc) is 3.16. The van der Waals surface area contributed by atoms with Crippen LogP contribution in [0.15, 0.2) is 18.3 Å². The Kier molecular flexibility index (Phi) is 4.70. The second kappa shape index (κ2) is 7.25. The summed E-state index contributed by atoms with van der Waals surface area (Å²) in [6.07, 6.45) is 4.11. The molecule has 4 saturated heterocycles. The molecule has 0 spiro atoms. The van der Waals surface area contributed by atoms with Crippen LogP contribution in [0.3, 0.4) is 0 Å². The number of pyridine rings is 1. The van der Waals surface area contributed by atoms with Crippen LogP contribution in [0.2, 0.25) is 0 Å². The molecule has 154 valence electrons. The molecule has 0 saturated carbocycles. The fraction of sp³-hybridized carbons (Fsp3) is 0.571. The third-order valence-corrected chi connectivity index (χ3v) is 8.02. The predicted octanol–water partition coefficient (Wildman–Crippen LogP) is 1.79. The van der Waals surface area contributed by atoms with Gasteiger partial charge in [-0.3, -0.25) is 19.5 Å². The largest absolute Gasteiger partial charge is 0.352 e. The van der Waals surface area contributed by atoms with Gasteiger partial charge in [0.05, 0.1) is 11.5 Å². The van der Waals surface area contributed by atoms with Crippen molar-refractivity contribution in [3.63, 3.8) is 0 Å². The number of nitrogens with zero attached hydrogens (tertiary/aromatic N) is 4. The fourth-order valence-corrected chi connectivity index (χ4v) is 6.01. The summed E-state index contributed by atoms with van der Waals surface area (Å²) in [6, 6.07) is 4.56. The summed E-state index contributed by atoms with van der Waals surface area (Å²) >= 11 is 1.62. The number of piperazine rings is 1. The van der Waals surface area contributed by atoms with Crippen LogP contribution < -0.4 is 10.2 Å². The van der Waals surface area contributed by atoms with Crippen molar-refractivity contribution >= 4 is 38.2 Å². The van der Waals surface area contributed by atoms with Gasteiger partial charge in [-0.2, -0.15) is 0 Å². The molecule has 4 aliphatic rings. The standard InChI is InChI=1S/C21H27N5O2S/c1-13-20(14-3-5-25(13)6-4-14)23-21(28)16-10-17-15(11-22-16)9-19(29-17)26-8-7-24(2)18(27)12-26/h9-11,13-14,20H,3-8,12H2,1-2H3,(H,23,28). The summed E-state index contributed by atoms with van der Waals surface area (Å²) < 4.78 is 1.04. The highest BCUT2D eigenvalue weighted by molar-refractivity contribution is 7.22. The molecular formula is C21H27N5O2S. The van der Waals surface area contributed by atoms with Gasteiger partial charge >= 0.3 is 0 Å². The van der Waals surface area contributed by atoms with E-state index >= 15 is 0 Å². The fourth-order valence-electron chi connectivity index (χ4n) is 4.92. The quantitative estimate of drug-likeness (QED) is 0.831. The molecule has 7 nitrogen and oxygen atoms in total. The molecular weight excluding hydrogens is 386 g/mol. The number of thiophene rings is 1. The molecule has 1 N–H and O–H groups in total.